The molecule has 0 aliphatic rings. The van der Waals surface area contributed by atoms with E-state index < -0.39 is 23.2 Å². The van der Waals surface area contributed by atoms with E-state index in [-0.39, 0.29) is 23.8 Å². The van der Waals surface area contributed by atoms with Crippen molar-refractivity contribution >= 4 is 11.9 Å². The predicted octanol–water partition coefficient (Wildman–Crippen LogP) is 0.699. The van der Waals surface area contributed by atoms with Crippen molar-refractivity contribution in [3.8, 4) is 11.5 Å². The average Bonchev–Trinajstić information content (AvgIpc) is 2.39. The fourth-order valence-electron chi connectivity index (χ4n) is 3.00. The number of rotatable bonds is 7. The molecule has 0 aromatic heterocycles. The first-order valence-corrected chi connectivity index (χ1v) is 7.97. The van der Waals surface area contributed by atoms with Gasteiger partial charge in [0.15, 0.2) is 11.5 Å². The highest BCUT2D eigenvalue weighted by atomic mass is 16.3. The standard InChI is InChI=1S/C17H28N4O4/c1-16(2,9-17(3,4)21-15(19)25)20-14(24)11(18)7-10-5-6-12(22)13(23)8-10/h5-6,8,11,22-23H,7,9,18H2,1-4H3,(H,20,24)(H3,19,21,25)/t11-/m1/s1. The van der Waals surface area contributed by atoms with Crippen molar-refractivity contribution in [2.75, 3.05) is 0 Å². The lowest BCUT2D eigenvalue weighted by Crippen LogP contribution is -2.57. The number of benzene rings is 1. The van der Waals surface area contributed by atoms with Gasteiger partial charge in [0, 0.05) is 11.1 Å². The van der Waals surface area contributed by atoms with Gasteiger partial charge in [0.25, 0.3) is 0 Å². The van der Waals surface area contributed by atoms with Gasteiger partial charge >= 0.3 is 6.03 Å². The lowest BCUT2D eigenvalue weighted by atomic mass is 9.86. The van der Waals surface area contributed by atoms with Crippen LogP contribution in [0, 0.1) is 0 Å². The third-order valence-corrected chi connectivity index (χ3v) is 3.64. The summed E-state index contributed by atoms with van der Waals surface area (Å²) in [5.74, 6) is -0.843. The number of nitrogens with one attached hydrogen (secondary N) is 2. The Bertz CT molecular complexity index is 644. The molecule has 1 aromatic rings. The quantitative estimate of drug-likeness (QED) is 0.399. The normalized spacial score (nSPS) is 13.2. The fourth-order valence-corrected chi connectivity index (χ4v) is 3.00. The molecular formula is C17H28N4O4. The molecule has 1 atom stereocenters. The Kier molecular flexibility index (Phi) is 6.26. The van der Waals surface area contributed by atoms with Crippen molar-refractivity contribution in [3.63, 3.8) is 0 Å². The molecule has 1 aromatic carbocycles. The molecule has 0 fully saturated rings. The van der Waals surface area contributed by atoms with Crippen LogP contribution in [0.2, 0.25) is 0 Å². The molecule has 0 heterocycles. The maximum atomic E-state index is 12.4. The molecule has 0 radical (unpaired) electrons. The molecule has 25 heavy (non-hydrogen) atoms. The second-order valence-corrected chi connectivity index (χ2v) is 7.56. The van der Waals surface area contributed by atoms with Gasteiger partial charge in [-0.1, -0.05) is 6.07 Å². The van der Waals surface area contributed by atoms with Gasteiger partial charge in [-0.15, -0.1) is 0 Å². The molecule has 8 heteroatoms. The largest absolute Gasteiger partial charge is 0.504 e. The smallest absolute Gasteiger partial charge is 0.312 e. The molecule has 0 aliphatic carbocycles. The summed E-state index contributed by atoms with van der Waals surface area (Å²) < 4.78 is 0. The minimum absolute atomic E-state index is 0.207. The zero-order valence-electron chi connectivity index (χ0n) is 15.1. The van der Waals surface area contributed by atoms with Gasteiger partial charge in [0.05, 0.1) is 6.04 Å². The van der Waals surface area contributed by atoms with Crippen molar-refractivity contribution in [1.29, 1.82) is 0 Å². The van der Waals surface area contributed by atoms with Crippen LogP contribution in [0.5, 0.6) is 11.5 Å². The highest BCUT2D eigenvalue weighted by molar-refractivity contribution is 5.82. The van der Waals surface area contributed by atoms with Gasteiger partial charge in [0.1, 0.15) is 0 Å². The third-order valence-electron chi connectivity index (χ3n) is 3.64. The number of amides is 3. The van der Waals surface area contributed by atoms with Crippen molar-refractivity contribution in [2.24, 2.45) is 11.5 Å². The molecule has 140 valence electrons. The molecule has 0 unspecified atom stereocenters. The topological polar surface area (TPSA) is 151 Å². The Morgan fingerprint density at radius 3 is 2.16 bits per heavy atom. The fraction of sp³-hybridized carbons (Fsp3) is 0.529. The Morgan fingerprint density at radius 1 is 1.08 bits per heavy atom. The number of hydrogen-bond acceptors (Lipinski definition) is 5. The maximum absolute atomic E-state index is 12.4. The molecule has 0 aliphatic heterocycles. The van der Waals surface area contributed by atoms with Crippen molar-refractivity contribution < 1.29 is 19.8 Å². The molecular weight excluding hydrogens is 324 g/mol. The summed E-state index contributed by atoms with van der Waals surface area (Å²) in [6, 6.07) is 2.85. The second-order valence-electron chi connectivity index (χ2n) is 7.56. The van der Waals surface area contributed by atoms with E-state index >= 15 is 0 Å². The van der Waals surface area contributed by atoms with Crippen LogP contribution in [0.15, 0.2) is 18.2 Å². The van der Waals surface area contributed by atoms with Crippen LogP contribution in [-0.2, 0) is 11.2 Å². The molecule has 0 spiro atoms. The molecule has 3 amide bonds. The zero-order valence-corrected chi connectivity index (χ0v) is 15.1. The van der Waals surface area contributed by atoms with Gasteiger partial charge < -0.3 is 32.3 Å². The summed E-state index contributed by atoms with van der Waals surface area (Å²) in [5.41, 5.74) is 10.5. The summed E-state index contributed by atoms with van der Waals surface area (Å²) in [5, 5.41) is 24.3. The minimum Gasteiger partial charge on any atom is -0.504 e. The van der Waals surface area contributed by atoms with E-state index in [1.807, 2.05) is 27.7 Å². The number of hydrogen-bond donors (Lipinski definition) is 6. The second kappa shape index (κ2) is 7.60. The molecule has 1 rings (SSSR count). The lowest BCUT2D eigenvalue weighted by Gasteiger charge is -2.36. The van der Waals surface area contributed by atoms with Crippen LogP contribution in [0.4, 0.5) is 4.79 Å². The molecule has 8 nitrogen and oxygen atoms in total. The summed E-state index contributed by atoms with van der Waals surface area (Å²) in [6.07, 6.45) is 0.653. The van der Waals surface area contributed by atoms with Crippen LogP contribution < -0.4 is 22.1 Å². The predicted molar refractivity (Wildman–Crippen MR) is 95.1 cm³/mol. The molecule has 8 N–H and O–H groups in total. The van der Waals surface area contributed by atoms with Gasteiger partial charge in [-0.3, -0.25) is 4.79 Å². The average molecular weight is 352 g/mol. The Morgan fingerprint density at radius 2 is 1.64 bits per heavy atom. The number of carbonyl (C=O) groups is 2. The van der Waals surface area contributed by atoms with Crippen LogP contribution in [0.1, 0.15) is 39.7 Å². The molecule has 0 saturated heterocycles. The van der Waals surface area contributed by atoms with Crippen LogP contribution in [0.25, 0.3) is 0 Å². The zero-order chi connectivity index (χ0) is 19.4. The minimum atomic E-state index is -0.824. The van der Waals surface area contributed by atoms with Crippen molar-refractivity contribution in [1.82, 2.24) is 10.6 Å². The Labute approximate surface area is 147 Å². The summed E-state index contributed by atoms with van der Waals surface area (Å²) in [4.78, 5) is 23.4. The molecule has 0 bridgehead atoms. The number of nitrogens with two attached hydrogens (primary N) is 2. The number of urea groups is 1. The first-order valence-electron chi connectivity index (χ1n) is 7.97. The van der Waals surface area contributed by atoms with Crippen molar-refractivity contribution in [2.45, 2.75) is 57.7 Å². The van der Waals surface area contributed by atoms with Crippen molar-refractivity contribution in [3.05, 3.63) is 23.8 Å². The summed E-state index contributed by atoms with van der Waals surface area (Å²) in [6.45, 7) is 7.28. The summed E-state index contributed by atoms with van der Waals surface area (Å²) in [7, 11) is 0. The highest BCUT2D eigenvalue weighted by Gasteiger charge is 2.32. The van der Waals surface area contributed by atoms with Crippen LogP contribution in [-0.4, -0.2) is 39.3 Å². The molecule has 0 saturated carbocycles. The number of carbonyl (C=O) groups excluding carboxylic acids is 2. The van der Waals surface area contributed by atoms with E-state index in [1.54, 1.807) is 6.07 Å². The highest BCUT2D eigenvalue weighted by Crippen LogP contribution is 2.25. The Balaban J connectivity index is 2.69. The van der Waals surface area contributed by atoms with Crippen LogP contribution >= 0.6 is 0 Å². The van der Waals surface area contributed by atoms with Gasteiger partial charge in [-0.2, -0.15) is 0 Å². The number of phenols is 2. The van der Waals surface area contributed by atoms with E-state index in [4.69, 9.17) is 11.5 Å². The monoisotopic (exact) mass is 352 g/mol. The number of primary amides is 1. The van der Waals surface area contributed by atoms with E-state index in [2.05, 4.69) is 10.6 Å². The lowest BCUT2D eigenvalue weighted by molar-refractivity contribution is -0.124. The third kappa shape index (κ3) is 6.88. The van der Waals surface area contributed by atoms with Gasteiger partial charge in [0.2, 0.25) is 5.91 Å². The number of aromatic hydroxyl groups is 2. The first-order chi connectivity index (χ1) is 11.3. The first kappa shape index (κ1) is 20.6. The Hall–Kier alpha value is -2.48. The van der Waals surface area contributed by atoms with Gasteiger partial charge in [-0.05, 0) is 58.2 Å². The maximum Gasteiger partial charge on any atom is 0.312 e. The summed E-state index contributed by atoms with van der Waals surface area (Å²) >= 11 is 0. The van der Waals surface area contributed by atoms with E-state index in [0.717, 1.165) is 0 Å². The van der Waals surface area contributed by atoms with E-state index in [9.17, 15) is 19.8 Å². The number of phenolic OH excluding ortho intramolecular Hbond substituents is 2. The van der Waals surface area contributed by atoms with Gasteiger partial charge in [-0.25, -0.2) is 4.79 Å². The SMILES string of the molecule is CC(C)(CC(C)(C)NC(=O)[C@H](N)Cc1ccc(O)c(O)c1)NC(N)=O. The van der Waals surface area contributed by atoms with Crippen LogP contribution in [0.3, 0.4) is 0 Å². The van der Waals surface area contributed by atoms with E-state index in [1.165, 1.54) is 12.1 Å². The van der Waals surface area contributed by atoms with E-state index in [0.29, 0.717) is 12.0 Å².